The summed E-state index contributed by atoms with van der Waals surface area (Å²) in [4.78, 5) is 15.7. The van der Waals surface area contributed by atoms with E-state index in [0.717, 1.165) is 24.8 Å². The van der Waals surface area contributed by atoms with Gasteiger partial charge in [-0.05, 0) is 37.8 Å². The van der Waals surface area contributed by atoms with Crippen molar-refractivity contribution < 1.29 is 9.53 Å². The van der Waals surface area contributed by atoms with Gasteiger partial charge in [0.1, 0.15) is 0 Å². The molecule has 2 rings (SSSR count). The summed E-state index contributed by atoms with van der Waals surface area (Å²) in [6, 6.07) is 3.91. The first-order valence-electron chi connectivity index (χ1n) is 5.33. The quantitative estimate of drug-likeness (QED) is 0.705. The SMILES string of the molecule is CCOC(=O)C1(Cc2cccnc2)CC1. The fourth-order valence-corrected chi connectivity index (χ4v) is 1.78. The Kier molecular flexibility index (Phi) is 2.71. The Morgan fingerprint density at radius 3 is 2.93 bits per heavy atom. The van der Waals surface area contributed by atoms with Crippen LogP contribution < -0.4 is 0 Å². The predicted molar refractivity (Wildman–Crippen MR) is 56.2 cm³/mol. The van der Waals surface area contributed by atoms with Gasteiger partial charge < -0.3 is 4.74 Å². The molecular weight excluding hydrogens is 190 g/mol. The van der Waals surface area contributed by atoms with E-state index in [2.05, 4.69) is 4.98 Å². The molecule has 1 fully saturated rings. The van der Waals surface area contributed by atoms with Gasteiger partial charge in [-0.15, -0.1) is 0 Å². The molecule has 1 aromatic heterocycles. The highest BCUT2D eigenvalue weighted by atomic mass is 16.5. The summed E-state index contributed by atoms with van der Waals surface area (Å²) in [6.45, 7) is 2.31. The lowest BCUT2D eigenvalue weighted by molar-refractivity contribution is -0.149. The monoisotopic (exact) mass is 205 g/mol. The Labute approximate surface area is 89.5 Å². The Bertz CT molecular complexity index is 344. The van der Waals surface area contributed by atoms with Gasteiger partial charge in [-0.25, -0.2) is 0 Å². The summed E-state index contributed by atoms with van der Waals surface area (Å²) in [6.07, 6.45) is 6.22. The smallest absolute Gasteiger partial charge is 0.312 e. The molecule has 0 saturated heterocycles. The highest BCUT2D eigenvalue weighted by Crippen LogP contribution is 2.49. The second-order valence-corrected chi connectivity index (χ2v) is 4.04. The van der Waals surface area contributed by atoms with Gasteiger partial charge in [0.2, 0.25) is 0 Å². The number of aromatic nitrogens is 1. The van der Waals surface area contributed by atoms with E-state index in [1.54, 1.807) is 6.20 Å². The van der Waals surface area contributed by atoms with Crippen molar-refractivity contribution in [2.75, 3.05) is 6.61 Å². The lowest BCUT2D eigenvalue weighted by Gasteiger charge is -2.13. The zero-order valence-corrected chi connectivity index (χ0v) is 8.90. The minimum absolute atomic E-state index is 0.0474. The summed E-state index contributed by atoms with van der Waals surface area (Å²) < 4.78 is 5.08. The number of hydrogen-bond donors (Lipinski definition) is 0. The van der Waals surface area contributed by atoms with Crippen LogP contribution in [0.15, 0.2) is 24.5 Å². The van der Waals surface area contributed by atoms with Crippen molar-refractivity contribution >= 4 is 5.97 Å². The van der Waals surface area contributed by atoms with Crippen LogP contribution in [-0.4, -0.2) is 17.6 Å². The van der Waals surface area contributed by atoms with Crippen LogP contribution >= 0.6 is 0 Å². The maximum Gasteiger partial charge on any atom is 0.312 e. The van der Waals surface area contributed by atoms with Crippen molar-refractivity contribution in [3.05, 3.63) is 30.1 Å². The van der Waals surface area contributed by atoms with Crippen molar-refractivity contribution in [2.45, 2.75) is 26.2 Å². The van der Waals surface area contributed by atoms with E-state index < -0.39 is 0 Å². The zero-order chi connectivity index (χ0) is 10.7. The lowest BCUT2D eigenvalue weighted by Crippen LogP contribution is -2.21. The molecule has 0 amide bonds. The Hall–Kier alpha value is -1.38. The van der Waals surface area contributed by atoms with Crippen molar-refractivity contribution in [3.63, 3.8) is 0 Å². The molecule has 0 spiro atoms. The van der Waals surface area contributed by atoms with Gasteiger partial charge in [0.05, 0.1) is 12.0 Å². The summed E-state index contributed by atoms with van der Waals surface area (Å²) in [7, 11) is 0. The van der Waals surface area contributed by atoms with Crippen molar-refractivity contribution in [1.82, 2.24) is 4.98 Å². The zero-order valence-electron chi connectivity index (χ0n) is 8.90. The van der Waals surface area contributed by atoms with Crippen LogP contribution in [0.5, 0.6) is 0 Å². The van der Waals surface area contributed by atoms with Gasteiger partial charge in [0.25, 0.3) is 0 Å². The third-order valence-corrected chi connectivity index (χ3v) is 2.83. The highest BCUT2D eigenvalue weighted by molar-refractivity contribution is 5.80. The van der Waals surface area contributed by atoms with E-state index in [4.69, 9.17) is 4.74 Å². The maximum absolute atomic E-state index is 11.7. The summed E-state index contributed by atoms with van der Waals surface area (Å²) in [5.74, 6) is -0.0474. The minimum Gasteiger partial charge on any atom is -0.466 e. The van der Waals surface area contributed by atoms with Crippen LogP contribution in [0.4, 0.5) is 0 Å². The molecule has 3 nitrogen and oxygen atoms in total. The Morgan fingerprint density at radius 1 is 1.60 bits per heavy atom. The third kappa shape index (κ3) is 2.17. The lowest BCUT2D eigenvalue weighted by atomic mass is 9.98. The fraction of sp³-hybridized carbons (Fsp3) is 0.500. The molecule has 0 atom stereocenters. The largest absolute Gasteiger partial charge is 0.466 e. The van der Waals surface area contributed by atoms with Gasteiger partial charge in [0, 0.05) is 12.4 Å². The molecule has 0 aliphatic heterocycles. The van der Waals surface area contributed by atoms with Gasteiger partial charge in [0.15, 0.2) is 0 Å². The van der Waals surface area contributed by atoms with E-state index in [-0.39, 0.29) is 11.4 Å². The molecule has 0 unspecified atom stereocenters. The second-order valence-electron chi connectivity index (χ2n) is 4.04. The van der Waals surface area contributed by atoms with Gasteiger partial charge in [-0.2, -0.15) is 0 Å². The van der Waals surface area contributed by atoms with Gasteiger partial charge >= 0.3 is 5.97 Å². The molecule has 3 heteroatoms. The maximum atomic E-state index is 11.7. The number of esters is 1. The first kappa shape index (κ1) is 10.1. The molecule has 1 saturated carbocycles. The first-order chi connectivity index (χ1) is 7.27. The molecule has 1 heterocycles. The van der Waals surface area contributed by atoms with Crippen molar-refractivity contribution in [1.29, 1.82) is 0 Å². The van der Waals surface area contributed by atoms with Crippen LogP contribution in [0.25, 0.3) is 0 Å². The van der Waals surface area contributed by atoms with Crippen LogP contribution in [0.1, 0.15) is 25.3 Å². The average molecular weight is 205 g/mol. The molecule has 15 heavy (non-hydrogen) atoms. The highest BCUT2D eigenvalue weighted by Gasteiger charge is 2.50. The van der Waals surface area contributed by atoms with Crippen LogP contribution in [0, 0.1) is 5.41 Å². The molecule has 80 valence electrons. The average Bonchev–Trinajstić information content (AvgIpc) is 3.01. The minimum atomic E-state index is -0.237. The summed E-state index contributed by atoms with van der Waals surface area (Å²) in [5.41, 5.74) is 0.877. The molecule has 0 bridgehead atoms. The summed E-state index contributed by atoms with van der Waals surface area (Å²) >= 11 is 0. The van der Waals surface area contributed by atoms with Gasteiger partial charge in [-0.3, -0.25) is 9.78 Å². The van der Waals surface area contributed by atoms with E-state index in [1.807, 2.05) is 25.3 Å². The number of hydrogen-bond acceptors (Lipinski definition) is 3. The van der Waals surface area contributed by atoms with E-state index >= 15 is 0 Å². The first-order valence-corrected chi connectivity index (χ1v) is 5.33. The number of pyridine rings is 1. The van der Waals surface area contributed by atoms with Crippen molar-refractivity contribution in [3.8, 4) is 0 Å². The van der Waals surface area contributed by atoms with Crippen LogP contribution in [0.3, 0.4) is 0 Å². The number of rotatable bonds is 4. The summed E-state index contributed by atoms with van der Waals surface area (Å²) in [5, 5.41) is 0. The van der Waals surface area contributed by atoms with E-state index in [0.29, 0.717) is 6.61 Å². The van der Waals surface area contributed by atoms with Crippen LogP contribution in [0.2, 0.25) is 0 Å². The number of carbonyl (C=O) groups is 1. The van der Waals surface area contributed by atoms with E-state index in [9.17, 15) is 4.79 Å². The normalized spacial score (nSPS) is 17.1. The van der Waals surface area contributed by atoms with Crippen LogP contribution in [-0.2, 0) is 16.0 Å². The third-order valence-electron chi connectivity index (χ3n) is 2.83. The van der Waals surface area contributed by atoms with E-state index in [1.165, 1.54) is 0 Å². The number of carbonyl (C=O) groups excluding carboxylic acids is 1. The molecule has 0 aromatic carbocycles. The fourth-order valence-electron chi connectivity index (χ4n) is 1.78. The van der Waals surface area contributed by atoms with Crippen molar-refractivity contribution in [2.24, 2.45) is 5.41 Å². The second kappa shape index (κ2) is 4.01. The Morgan fingerprint density at radius 2 is 2.40 bits per heavy atom. The molecule has 1 aliphatic carbocycles. The predicted octanol–water partition coefficient (Wildman–Crippen LogP) is 1.97. The number of ether oxygens (including phenoxy) is 1. The van der Waals surface area contributed by atoms with Gasteiger partial charge in [-0.1, -0.05) is 6.07 Å². The molecule has 0 radical (unpaired) electrons. The topological polar surface area (TPSA) is 39.2 Å². The molecule has 1 aliphatic rings. The number of nitrogens with zero attached hydrogens (tertiary/aromatic N) is 1. The Balaban J connectivity index is 2.03. The molecular formula is C12H15NO2. The standard InChI is InChI=1S/C12H15NO2/c1-2-15-11(14)12(5-6-12)8-10-4-3-7-13-9-10/h3-4,7,9H,2,5-6,8H2,1H3. The molecule has 0 N–H and O–H groups in total. The molecule has 1 aromatic rings.